The van der Waals surface area contributed by atoms with E-state index in [1.165, 1.54) is 13.8 Å². The molecule has 0 fully saturated rings. The monoisotopic (exact) mass is 413 g/mol. The predicted octanol–water partition coefficient (Wildman–Crippen LogP) is 4.42. The molecule has 154 valence electrons. The first-order chi connectivity index (χ1) is 13.3. The van der Waals surface area contributed by atoms with E-state index in [1.807, 2.05) is 0 Å². The van der Waals surface area contributed by atoms with Gasteiger partial charge >= 0.3 is 6.18 Å². The van der Waals surface area contributed by atoms with Gasteiger partial charge in [0.15, 0.2) is 0 Å². The first-order valence-corrected chi connectivity index (χ1v) is 8.42. The minimum Gasteiger partial charge on any atom is -0.390 e. The highest BCUT2D eigenvalue weighted by molar-refractivity contribution is 5.93. The summed E-state index contributed by atoms with van der Waals surface area (Å²) in [5, 5.41) is 12.2. The Hall–Kier alpha value is -3.01. The molecule has 2 aromatic carbocycles. The Morgan fingerprint density at radius 3 is 2.28 bits per heavy atom. The van der Waals surface area contributed by atoms with Crippen LogP contribution in [0.2, 0.25) is 0 Å². The summed E-state index contributed by atoms with van der Waals surface area (Å²) in [7, 11) is 0. The van der Waals surface area contributed by atoms with Crippen LogP contribution in [0.15, 0.2) is 36.4 Å². The van der Waals surface area contributed by atoms with E-state index in [1.54, 1.807) is 0 Å². The van der Waals surface area contributed by atoms with E-state index in [0.717, 1.165) is 34.9 Å². The Bertz CT molecular complexity index is 1060. The molecule has 1 amide bonds. The van der Waals surface area contributed by atoms with Crippen molar-refractivity contribution in [3.05, 3.63) is 53.6 Å². The van der Waals surface area contributed by atoms with Crippen molar-refractivity contribution in [1.82, 2.24) is 9.55 Å². The molecule has 3 aromatic rings. The molecule has 10 heteroatoms. The number of aromatic nitrogens is 2. The van der Waals surface area contributed by atoms with Gasteiger partial charge in [0.05, 0.1) is 34.3 Å². The fourth-order valence-electron chi connectivity index (χ4n) is 2.83. The van der Waals surface area contributed by atoms with E-state index < -0.39 is 34.9 Å². The molecule has 1 heterocycles. The average molecular weight is 413 g/mol. The van der Waals surface area contributed by atoms with Gasteiger partial charge in [-0.2, -0.15) is 13.2 Å². The smallest absolute Gasteiger partial charge is 0.390 e. The van der Waals surface area contributed by atoms with Crippen LogP contribution in [0.25, 0.3) is 16.7 Å². The Morgan fingerprint density at radius 2 is 1.72 bits per heavy atom. The zero-order chi connectivity index (χ0) is 21.6. The van der Waals surface area contributed by atoms with Crippen LogP contribution in [0, 0.1) is 11.6 Å². The summed E-state index contributed by atoms with van der Waals surface area (Å²) in [6.45, 7) is 2.79. The van der Waals surface area contributed by atoms with Crippen LogP contribution in [-0.4, -0.2) is 26.2 Å². The lowest BCUT2D eigenvalue weighted by atomic mass is 10.1. The number of halogens is 5. The number of nitrogens with one attached hydrogen (secondary N) is 1. The molecule has 3 rings (SSSR count). The Kier molecular flexibility index (Phi) is 5.08. The maximum Gasteiger partial charge on any atom is 0.416 e. The summed E-state index contributed by atoms with van der Waals surface area (Å²) < 4.78 is 67.9. The van der Waals surface area contributed by atoms with Gasteiger partial charge in [-0.05, 0) is 44.2 Å². The van der Waals surface area contributed by atoms with Crippen LogP contribution in [0.5, 0.6) is 0 Å². The number of alkyl halides is 3. The maximum absolute atomic E-state index is 13.7. The second-order valence-corrected chi connectivity index (χ2v) is 7.14. The number of rotatable bonds is 4. The normalized spacial score (nSPS) is 12.4. The first kappa shape index (κ1) is 20.7. The molecule has 0 spiro atoms. The number of imidazole rings is 1. The lowest BCUT2D eigenvalue weighted by Gasteiger charge is -2.17. The lowest BCUT2D eigenvalue weighted by Crippen LogP contribution is -2.28. The van der Waals surface area contributed by atoms with Crippen molar-refractivity contribution < 1.29 is 31.9 Å². The van der Waals surface area contributed by atoms with Crippen LogP contribution < -0.4 is 5.32 Å². The van der Waals surface area contributed by atoms with Crippen LogP contribution in [0.3, 0.4) is 0 Å². The zero-order valence-electron chi connectivity index (χ0n) is 15.3. The minimum atomic E-state index is -4.65. The van der Waals surface area contributed by atoms with Crippen molar-refractivity contribution in [3.63, 3.8) is 0 Å². The highest BCUT2D eigenvalue weighted by atomic mass is 19.4. The van der Waals surface area contributed by atoms with Crippen molar-refractivity contribution in [2.24, 2.45) is 0 Å². The SMILES string of the molecule is CC(C)(O)CC(=O)Nc1nc2ccc(C(F)(F)F)cc2n1-c1cc(F)cc(F)c1. The van der Waals surface area contributed by atoms with Gasteiger partial charge in [-0.25, -0.2) is 13.8 Å². The number of fused-ring (bicyclic) bond motifs is 1. The molecule has 0 aliphatic carbocycles. The lowest BCUT2D eigenvalue weighted by molar-refractivity contribution is -0.137. The van der Waals surface area contributed by atoms with Crippen molar-refractivity contribution >= 4 is 22.9 Å². The minimum absolute atomic E-state index is 0.0706. The summed E-state index contributed by atoms with van der Waals surface area (Å²) in [4.78, 5) is 16.3. The molecule has 0 unspecified atom stereocenters. The number of carbonyl (C=O) groups is 1. The molecule has 0 saturated heterocycles. The third-order valence-corrected chi connectivity index (χ3v) is 3.93. The van der Waals surface area contributed by atoms with Crippen LogP contribution in [0.1, 0.15) is 25.8 Å². The van der Waals surface area contributed by atoms with Gasteiger partial charge in [0.1, 0.15) is 11.6 Å². The second kappa shape index (κ2) is 7.11. The van der Waals surface area contributed by atoms with E-state index in [9.17, 15) is 31.9 Å². The van der Waals surface area contributed by atoms with Gasteiger partial charge in [0.25, 0.3) is 0 Å². The zero-order valence-corrected chi connectivity index (χ0v) is 15.3. The highest BCUT2D eigenvalue weighted by Crippen LogP contribution is 2.34. The summed E-state index contributed by atoms with van der Waals surface area (Å²) in [5.74, 6) is -2.83. The Labute approximate surface area is 161 Å². The molecule has 0 aliphatic rings. The molecular formula is C19H16F5N3O2. The second-order valence-electron chi connectivity index (χ2n) is 7.14. The highest BCUT2D eigenvalue weighted by Gasteiger charge is 2.31. The predicted molar refractivity (Wildman–Crippen MR) is 95.5 cm³/mol. The Morgan fingerprint density at radius 1 is 1.10 bits per heavy atom. The van der Waals surface area contributed by atoms with Crippen molar-refractivity contribution in [3.8, 4) is 5.69 Å². The molecule has 2 N–H and O–H groups in total. The first-order valence-electron chi connectivity index (χ1n) is 8.42. The molecule has 5 nitrogen and oxygen atoms in total. The van der Waals surface area contributed by atoms with E-state index in [4.69, 9.17) is 0 Å². The van der Waals surface area contributed by atoms with Crippen LogP contribution in [-0.2, 0) is 11.0 Å². The number of aliphatic hydroxyl groups is 1. The van der Waals surface area contributed by atoms with Gasteiger partial charge in [0, 0.05) is 6.07 Å². The van der Waals surface area contributed by atoms with Gasteiger partial charge in [-0.1, -0.05) is 0 Å². The van der Waals surface area contributed by atoms with Crippen molar-refractivity contribution in [1.29, 1.82) is 0 Å². The van der Waals surface area contributed by atoms with E-state index in [-0.39, 0.29) is 29.1 Å². The molecule has 0 radical (unpaired) electrons. The third kappa shape index (κ3) is 4.70. The van der Waals surface area contributed by atoms with Crippen molar-refractivity contribution in [2.45, 2.75) is 32.0 Å². The number of nitrogens with zero attached hydrogens (tertiary/aromatic N) is 2. The topological polar surface area (TPSA) is 67.2 Å². The number of hydrogen-bond acceptors (Lipinski definition) is 3. The van der Waals surface area contributed by atoms with E-state index in [0.29, 0.717) is 6.07 Å². The molecule has 0 bridgehead atoms. The molecule has 1 aromatic heterocycles. The van der Waals surface area contributed by atoms with Crippen LogP contribution >= 0.6 is 0 Å². The van der Waals surface area contributed by atoms with E-state index >= 15 is 0 Å². The largest absolute Gasteiger partial charge is 0.416 e. The molecule has 0 saturated carbocycles. The van der Waals surface area contributed by atoms with Gasteiger partial charge in [0.2, 0.25) is 11.9 Å². The summed E-state index contributed by atoms with van der Waals surface area (Å²) in [6, 6.07) is 5.09. The quantitative estimate of drug-likeness (QED) is 0.623. The van der Waals surface area contributed by atoms with Crippen molar-refractivity contribution in [2.75, 3.05) is 5.32 Å². The Balaban J connectivity index is 2.20. The summed E-state index contributed by atoms with van der Waals surface area (Å²) >= 11 is 0. The number of hydrogen-bond donors (Lipinski definition) is 2. The van der Waals surface area contributed by atoms with Crippen LogP contribution in [0.4, 0.5) is 27.9 Å². The van der Waals surface area contributed by atoms with E-state index in [2.05, 4.69) is 10.3 Å². The summed E-state index contributed by atoms with van der Waals surface area (Å²) in [6.07, 6.45) is -4.98. The average Bonchev–Trinajstić information content (AvgIpc) is 2.87. The fourth-order valence-corrected chi connectivity index (χ4v) is 2.83. The van der Waals surface area contributed by atoms with Gasteiger partial charge in [-0.15, -0.1) is 0 Å². The number of amides is 1. The standard InChI is InChI=1S/C19H16F5N3O2/c1-18(2,29)9-16(28)26-17-25-14-4-3-10(19(22,23)24)5-15(14)27(17)13-7-11(20)6-12(21)8-13/h3-8,29H,9H2,1-2H3,(H,25,26,28). The van der Waals surface area contributed by atoms with Gasteiger partial charge in [-0.3, -0.25) is 14.7 Å². The molecule has 0 aliphatic heterocycles. The number of carbonyl (C=O) groups excluding carboxylic acids is 1. The fraction of sp³-hybridized carbons (Fsp3) is 0.263. The molecule has 29 heavy (non-hydrogen) atoms. The molecule has 0 atom stereocenters. The summed E-state index contributed by atoms with van der Waals surface area (Å²) in [5.41, 5.74) is -2.54. The third-order valence-electron chi connectivity index (χ3n) is 3.93. The molecular weight excluding hydrogens is 397 g/mol. The maximum atomic E-state index is 13.7. The number of benzene rings is 2. The van der Waals surface area contributed by atoms with Gasteiger partial charge < -0.3 is 5.11 Å². The number of anilines is 1.